The molecule has 0 spiro atoms. The van der Waals surface area contributed by atoms with E-state index in [9.17, 15) is 9.59 Å². The molecule has 0 bridgehead atoms. The molecule has 0 aromatic heterocycles. The Balaban J connectivity index is 1.81. The number of aryl methyl sites for hydroxylation is 2. The number of anilines is 2. The van der Waals surface area contributed by atoms with Crippen molar-refractivity contribution in [2.24, 2.45) is 0 Å². The molecule has 0 saturated carbocycles. The van der Waals surface area contributed by atoms with Crippen LogP contribution in [0, 0.1) is 13.8 Å². The van der Waals surface area contributed by atoms with Crippen molar-refractivity contribution in [1.29, 1.82) is 0 Å². The maximum Gasteiger partial charge on any atom is 0.282 e. The van der Waals surface area contributed by atoms with Gasteiger partial charge in [0.25, 0.3) is 11.8 Å². The summed E-state index contributed by atoms with van der Waals surface area (Å²) < 4.78 is 0. The fourth-order valence-corrected chi connectivity index (χ4v) is 4.22. The number of carbonyl (C=O) groups excluding carboxylic acids is 2. The largest absolute Gasteiger partial charge is 0.378 e. The lowest BCUT2D eigenvalue weighted by Crippen LogP contribution is -2.34. The van der Waals surface area contributed by atoms with E-state index in [4.69, 9.17) is 0 Å². The topological polar surface area (TPSA) is 43.9 Å². The number of likely N-dealkylation sites (tertiary alicyclic amines) is 1. The number of rotatable bonds is 4. The van der Waals surface area contributed by atoms with Crippen LogP contribution in [0.3, 0.4) is 0 Å². The molecule has 4 rings (SSSR count). The molecule has 0 aliphatic carbocycles. The fourth-order valence-electron chi connectivity index (χ4n) is 4.22. The van der Waals surface area contributed by atoms with Gasteiger partial charge in [0.05, 0.1) is 11.3 Å². The second kappa shape index (κ2) is 7.39. The smallest absolute Gasteiger partial charge is 0.282 e. The van der Waals surface area contributed by atoms with Gasteiger partial charge in [-0.05, 0) is 62.1 Å². The average Bonchev–Trinajstić information content (AvgIpc) is 3.28. The van der Waals surface area contributed by atoms with Gasteiger partial charge >= 0.3 is 0 Å². The monoisotopic (exact) mass is 389 g/mol. The molecule has 1 saturated heterocycles. The van der Waals surface area contributed by atoms with Gasteiger partial charge in [0.15, 0.2) is 0 Å². The Labute approximate surface area is 172 Å². The van der Waals surface area contributed by atoms with Crippen LogP contribution in [0.2, 0.25) is 0 Å². The highest BCUT2D eigenvalue weighted by Crippen LogP contribution is 2.37. The molecule has 2 amide bonds. The molecule has 5 heteroatoms. The predicted molar refractivity (Wildman–Crippen MR) is 117 cm³/mol. The van der Waals surface area contributed by atoms with Gasteiger partial charge in [-0.3, -0.25) is 9.59 Å². The second-order valence-corrected chi connectivity index (χ2v) is 8.09. The van der Waals surface area contributed by atoms with Gasteiger partial charge in [0.1, 0.15) is 5.70 Å². The summed E-state index contributed by atoms with van der Waals surface area (Å²) >= 11 is 0. The molecular weight excluding hydrogens is 362 g/mol. The van der Waals surface area contributed by atoms with Crippen LogP contribution >= 0.6 is 0 Å². The minimum absolute atomic E-state index is 0.218. The van der Waals surface area contributed by atoms with Crippen LogP contribution in [0.1, 0.15) is 29.5 Å². The van der Waals surface area contributed by atoms with E-state index in [1.807, 2.05) is 69.2 Å². The highest BCUT2D eigenvalue weighted by Gasteiger charge is 2.43. The van der Waals surface area contributed by atoms with E-state index in [1.54, 1.807) is 0 Å². The Morgan fingerprint density at radius 1 is 0.862 bits per heavy atom. The van der Waals surface area contributed by atoms with Gasteiger partial charge < -0.3 is 9.80 Å². The first kappa shape index (κ1) is 19.2. The van der Waals surface area contributed by atoms with E-state index in [0.717, 1.165) is 48.3 Å². The molecular formula is C24H27N3O2. The molecule has 0 atom stereocenters. The summed E-state index contributed by atoms with van der Waals surface area (Å²) in [6.45, 7) is 5.67. The van der Waals surface area contributed by atoms with E-state index in [2.05, 4.69) is 11.0 Å². The van der Waals surface area contributed by atoms with Crippen LogP contribution in [0.4, 0.5) is 11.4 Å². The predicted octanol–water partition coefficient (Wildman–Crippen LogP) is 3.75. The third-order valence-electron chi connectivity index (χ3n) is 5.76. The number of hydrogen-bond donors (Lipinski definition) is 0. The van der Waals surface area contributed by atoms with Crippen LogP contribution in [-0.2, 0) is 9.59 Å². The minimum Gasteiger partial charge on any atom is -0.378 e. The summed E-state index contributed by atoms with van der Waals surface area (Å²) in [5.41, 5.74) is 5.73. The standard InChI is InChI=1S/C24H27N3O2/c1-16-7-12-20(17(2)15-16)21-22(26-13-5-6-14-26)24(29)27(23(21)28)19-10-8-18(9-11-19)25(3)4/h7-12,15H,5-6,13-14H2,1-4H3. The Morgan fingerprint density at radius 2 is 1.52 bits per heavy atom. The van der Waals surface area contributed by atoms with Crippen LogP contribution in [0.15, 0.2) is 48.2 Å². The Morgan fingerprint density at radius 3 is 2.10 bits per heavy atom. The first-order valence-corrected chi connectivity index (χ1v) is 10.1. The van der Waals surface area contributed by atoms with Crippen LogP contribution < -0.4 is 9.80 Å². The SMILES string of the molecule is Cc1ccc(C2=C(N3CCCC3)C(=O)N(c3ccc(N(C)C)cc3)C2=O)c(C)c1. The Hall–Kier alpha value is -3.08. The van der Waals surface area contributed by atoms with Crippen molar-refractivity contribution in [3.05, 3.63) is 64.9 Å². The zero-order valence-electron chi connectivity index (χ0n) is 17.5. The number of imide groups is 1. The van der Waals surface area contributed by atoms with E-state index < -0.39 is 0 Å². The Kier molecular flexibility index (Phi) is 4.91. The summed E-state index contributed by atoms with van der Waals surface area (Å²) in [6.07, 6.45) is 2.09. The lowest BCUT2D eigenvalue weighted by atomic mass is 9.97. The maximum absolute atomic E-state index is 13.6. The van der Waals surface area contributed by atoms with Crippen LogP contribution in [-0.4, -0.2) is 43.9 Å². The van der Waals surface area contributed by atoms with E-state index in [0.29, 0.717) is 17.0 Å². The third kappa shape index (κ3) is 3.31. The van der Waals surface area contributed by atoms with Gasteiger partial charge in [-0.2, -0.15) is 0 Å². The molecule has 2 aliphatic rings. The van der Waals surface area contributed by atoms with Gasteiger partial charge in [-0.15, -0.1) is 0 Å². The molecule has 150 valence electrons. The molecule has 29 heavy (non-hydrogen) atoms. The lowest BCUT2D eigenvalue weighted by molar-refractivity contribution is -0.120. The first-order chi connectivity index (χ1) is 13.9. The van der Waals surface area contributed by atoms with Crippen LogP contribution in [0.25, 0.3) is 5.57 Å². The molecule has 2 aromatic rings. The summed E-state index contributed by atoms with van der Waals surface area (Å²) in [4.78, 5) is 32.4. The molecule has 0 unspecified atom stereocenters. The molecule has 1 fully saturated rings. The summed E-state index contributed by atoms with van der Waals surface area (Å²) in [5.74, 6) is -0.453. The molecule has 0 N–H and O–H groups in total. The minimum atomic E-state index is -0.235. The van der Waals surface area contributed by atoms with Gasteiger partial charge in [0, 0.05) is 32.9 Å². The second-order valence-electron chi connectivity index (χ2n) is 8.09. The maximum atomic E-state index is 13.6. The van der Waals surface area contributed by atoms with Crippen molar-refractivity contribution in [3.8, 4) is 0 Å². The zero-order chi connectivity index (χ0) is 20.7. The fraction of sp³-hybridized carbons (Fsp3) is 0.333. The van der Waals surface area contributed by atoms with Crippen molar-refractivity contribution >= 4 is 28.8 Å². The van der Waals surface area contributed by atoms with E-state index >= 15 is 0 Å². The summed E-state index contributed by atoms with van der Waals surface area (Å²) in [7, 11) is 3.93. The van der Waals surface area contributed by atoms with Crippen molar-refractivity contribution in [2.45, 2.75) is 26.7 Å². The summed E-state index contributed by atoms with van der Waals surface area (Å²) in [5, 5.41) is 0. The lowest BCUT2D eigenvalue weighted by Gasteiger charge is -2.21. The van der Waals surface area contributed by atoms with E-state index in [1.165, 1.54) is 4.90 Å². The number of hydrogen-bond acceptors (Lipinski definition) is 4. The van der Waals surface area contributed by atoms with Gasteiger partial charge in [0.2, 0.25) is 0 Å². The number of nitrogens with zero attached hydrogens (tertiary/aromatic N) is 3. The van der Waals surface area contributed by atoms with Crippen LogP contribution in [0.5, 0.6) is 0 Å². The van der Waals surface area contributed by atoms with Crippen molar-refractivity contribution in [1.82, 2.24) is 4.90 Å². The molecule has 2 heterocycles. The third-order valence-corrected chi connectivity index (χ3v) is 5.76. The summed E-state index contributed by atoms with van der Waals surface area (Å²) in [6, 6.07) is 13.6. The van der Waals surface area contributed by atoms with Gasteiger partial charge in [-0.1, -0.05) is 23.8 Å². The number of amides is 2. The molecule has 0 radical (unpaired) electrons. The van der Waals surface area contributed by atoms with Crippen molar-refractivity contribution in [2.75, 3.05) is 37.0 Å². The highest BCUT2D eigenvalue weighted by molar-refractivity contribution is 6.45. The quantitative estimate of drug-likeness (QED) is 0.747. The molecule has 2 aromatic carbocycles. The zero-order valence-corrected chi connectivity index (χ0v) is 17.5. The van der Waals surface area contributed by atoms with E-state index in [-0.39, 0.29) is 11.8 Å². The average molecular weight is 389 g/mol. The Bertz CT molecular complexity index is 999. The number of carbonyl (C=O) groups is 2. The first-order valence-electron chi connectivity index (χ1n) is 10.1. The van der Waals surface area contributed by atoms with Gasteiger partial charge in [-0.25, -0.2) is 4.90 Å². The molecule has 5 nitrogen and oxygen atoms in total. The van der Waals surface area contributed by atoms with Crippen molar-refractivity contribution < 1.29 is 9.59 Å². The molecule has 2 aliphatic heterocycles. The van der Waals surface area contributed by atoms with Crippen molar-refractivity contribution in [3.63, 3.8) is 0 Å². The highest BCUT2D eigenvalue weighted by atomic mass is 16.2. The number of benzene rings is 2. The normalized spacial score (nSPS) is 17.0.